The molecule has 1 heterocycles. The molecule has 26 heavy (non-hydrogen) atoms. The van der Waals surface area contributed by atoms with Crippen molar-refractivity contribution in [1.82, 2.24) is 15.1 Å². The van der Waals surface area contributed by atoms with Crippen LogP contribution in [0.5, 0.6) is 0 Å². The second-order valence-corrected chi connectivity index (χ2v) is 6.87. The van der Waals surface area contributed by atoms with Crippen LogP contribution in [-0.2, 0) is 16.9 Å². The van der Waals surface area contributed by atoms with Gasteiger partial charge in [-0.15, -0.1) is 0 Å². The van der Waals surface area contributed by atoms with E-state index < -0.39 is 5.54 Å². The fraction of sp³-hybridized carbons (Fsp3) is 0.333. The Hall–Kier alpha value is -2.66. The number of rotatable bonds is 6. The minimum absolute atomic E-state index is 0.187. The van der Waals surface area contributed by atoms with Gasteiger partial charge >= 0.3 is 6.03 Å². The number of carbonyl (C=O) groups is 2. The lowest BCUT2D eigenvalue weighted by Gasteiger charge is -2.27. The number of hydrogen-bond donors (Lipinski definition) is 1. The van der Waals surface area contributed by atoms with Gasteiger partial charge in [-0.3, -0.25) is 9.69 Å². The molecule has 0 radical (unpaired) electrons. The van der Waals surface area contributed by atoms with E-state index in [-0.39, 0.29) is 18.6 Å². The zero-order valence-electron chi connectivity index (χ0n) is 15.5. The molecule has 0 bridgehead atoms. The average Bonchev–Trinajstić information content (AvgIpc) is 2.89. The number of nitrogens with one attached hydrogen (secondary N) is 1. The Labute approximate surface area is 154 Å². The van der Waals surface area contributed by atoms with Crippen molar-refractivity contribution in [2.45, 2.75) is 32.4 Å². The van der Waals surface area contributed by atoms with Crippen molar-refractivity contribution in [2.24, 2.45) is 0 Å². The Kier molecular flexibility index (Phi) is 5.09. The van der Waals surface area contributed by atoms with Gasteiger partial charge in [-0.1, -0.05) is 61.5 Å². The number of carbonyl (C=O) groups excluding carboxylic acids is 2. The molecule has 5 heteroatoms. The van der Waals surface area contributed by atoms with Crippen LogP contribution in [0.4, 0.5) is 4.79 Å². The molecule has 1 N–H and O–H groups in total. The first kappa shape index (κ1) is 18.1. The molecule has 1 atom stereocenters. The maximum Gasteiger partial charge on any atom is 0.326 e. The lowest BCUT2D eigenvalue weighted by atomic mass is 9.87. The number of amides is 3. The van der Waals surface area contributed by atoms with Crippen LogP contribution in [0, 0.1) is 6.92 Å². The summed E-state index contributed by atoms with van der Waals surface area (Å²) < 4.78 is 0. The summed E-state index contributed by atoms with van der Waals surface area (Å²) in [5.41, 5.74) is 2.24. The zero-order valence-corrected chi connectivity index (χ0v) is 15.5. The van der Waals surface area contributed by atoms with Crippen molar-refractivity contribution in [3.63, 3.8) is 0 Å². The van der Waals surface area contributed by atoms with Crippen molar-refractivity contribution in [3.05, 3.63) is 71.3 Å². The molecule has 136 valence electrons. The molecule has 1 saturated heterocycles. The Balaban J connectivity index is 1.78. The van der Waals surface area contributed by atoms with Crippen LogP contribution in [0.2, 0.25) is 0 Å². The van der Waals surface area contributed by atoms with Gasteiger partial charge in [0.15, 0.2) is 0 Å². The molecule has 2 aromatic carbocycles. The fourth-order valence-corrected chi connectivity index (χ4v) is 3.49. The van der Waals surface area contributed by atoms with E-state index in [1.54, 1.807) is 0 Å². The molecule has 0 aromatic heterocycles. The fourth-order valence-electron chi connectivity index (χ4n) is 3.49. The summed E-state index contributed by atoms with van der Waals surface area (Å²) in [6.45, 7) is 4.92. The van der Waals surface area contributed by atoms with Crippen LogP contribution >= 0.6 is 0 Å². The second-order valence-electron chi connectivity index (χ2n) is 6.87. The van der Waals surface area contributed by atoms with Crippen molar-refractivity contribution in [2.75, 3.05) is 13.7 Å². The summed E-state index contributed by atoms with van der Waals surface area (Å²) in [5, 5.41) is 2.92. The highest BCUT2D eigenvalue weighted by atomic mass is 16.2. The van der Waals surface area contributed by atoms with Crippen LogP contribution in [0.15, 0.2) is 54.6 Å². The van der Waals surface area contributed by atoms with E-state index in [9.17, 15) is 9.59 Å². The molecule has 0 saturated carbocycles. The van der Waals surface area contributed by atoms with Gasteiger partial charge < -0.3 is 5.32 Å². The third-order valence-corrected chi connectivity index (χ3v) is 5.06. The maximum absolute atomic E-state index is 13.1. The number of imide groups is 1. The highest BCUT2D eigenvalue weighted by molar-refractivity contribution is 6.07. The molecule has 5 nitrogen and oxygen atoms in total. The largest absolute Gasteiger partial charge is 0.326 e. The molecule has 0 aliphatic carbocycles. The van der Waals surface area contributed by atoms with Gasteiger partial charge in [-0.2, -0.15) is 0 Å². The van der Waals surface area contributed by atoms with Gasteiger partial charge in [0.1, 0.15) is 5.54 Å². The predicted octanol–water partition coefficient (Wildman–Crippen LogP) is 3.24. The van der Waals surface area contributed by atoms with Crippen LogP contribution < -0.4 is 5.32 Å². The van der Waals surface area contributed by atoms with E-state index >= 15 is 0 Å². The molecule has 3 amide bonds. The summed E-state index contributed by atoms with van der Waals surface area (Å²) in [5.74, 6) is -0.187. The average molecular weight is 351 g/mol. The second kappa shape index (κ2) is 7.30. The minimum atomic E-state index is -0.970. The minimum Gasteiger partial charge on any atom is -0.319 e. The molecule has 0 unspecified atom stereocenters. The molecule has 2 aromatic rings. The van der Waals surface area contributed by atoms with Crippen LogP contribution in [-0.4, -0.2) is 35.5 Å². The van der Waals surface area contributed by atoms with Gasteiger partial charge in [0.25, 0.3) is 5.91 Å². The Morgan fingerprint density at radius 2 is 1.69 bits per heavy atom. The van der Waals surface area contributed by atoms with Gasteiger partial charge in [0.05, 0.1) is 6.67 Å². The smallest absolute Gasteiger partial charge is 0.319 e. The van der Waals surface area contributed by atoms with Crippen LogP contribution in [0.1, 0.15) is 30.0 Å². The van der Waals surface area contributed by atoms with E-state index in [1.165, 1.54) is 16.0 Å². The maximum atomic E-state index is 13.1. The van der Waals surface area contributed by atoms with Crippen molar-refractivity contribution >= 4 is 11.9 Å². The van der Waals surface area contributed by atoms with Crippen LogP contribution in [0.25, 0.3) is 0 Å². The molecule has 1 fully saturated rings. The number of urea groups is 1. The molecule has 3 rings (SSSR count). The van der Waals surface area contributed by atoms with Gasteiger partial charge in [0.2, 0.25) is 0 Å². The van der Waals surface area contributed by atoms with E-state index in [4.69, 9.17) is 0 Å². The molecular formula is C21H25N3O2. The summed E-state index contributed by atoms with van der Waals surface area (Å²) in [7, 11) is 1.92. The molecule has 1 aliphatic heterocycles. The Morgan fingerprint density at radius 1 is 1.04 bits per heavy atom. The highest BCUT2D eigenvalue weighted by Gasteiger charge is 2.51. The van der Waals surface area contributed by atoms with E-state index in [1.807, 2.05) is 61.3 Å². The van der Waals surface area contributed by atoms with E-state index in [0.717, 1.165) is 5.56 Å². The molecular weight excluding hydrogens is 326 g/mol. The topological polar surface area (TPSA) is 52.7 Å². The van der Waals surface area contributed by atoms with Crippen molar-refractivity contribution in [3.8, 4) is 0 Å². The SMILES string of the molecule is CC[C@@]1(c2ccccc2)NC(=O)N(CN(C)Cc2ccccc2C)C1=O. The Morgan fingerprint density at radius 3 is 2.35 bits per heavy atom. The first-order valence-corrected chi connectivity index (χ1v) is 8.90. The zero-order chi connectivity index (χ0) is 18.7. The lowest BCUT2D eigenvalue weighted by molar-refractivity contribution is -0.133. The quantitative estimate of drug-likeness (QED) is 0.813. The van der Waals surface area contributed by atoms with Crippen molar-refractivity contribution < 1.29 is 9.59 Å². The monoisotopic (exact) mass is 351 g/mol. The van der Waals surface area contributed by atoms with Crippen molar-refractivity contribution in [1.29, 1.82) is 0 Å². The summed E-state index contributed by atoms with van der Waals surface area (Å²) in [6, 6.07) is 17.3. The van der Waals surface area contributed by atoms with Crippen LogP contribution in [0.3, 0.4) is 0 Å². The van der Waals surface area contributed by atoms with E-state index in [0.29, 0.717) is 13.0 Å². The number of aryl methyl sites for hydroxylation is 1. The van der Waals surface area contributed by atoms with E-state index in [2.05, 4.69) is 24.4 Å². The summed E-state index contributed by atoms with van der Waals surface area (Å²) in [4.78, 5) is 29.0. The molecule has 0 spiro atoms. The van der Waals surface area contributed by atoms with Gasteiger partial charge in [0, 0.05) is 6.54 Å². The summed E-state index contributed by atoms with van der Waals surface area (Å²) in [6.07, 6.45) is 0.513. The third kappa shape index (κ3) is 3.22. The number of hydrogen-bond acceptors (Lipinski definition) is 3. The first-order chi connectivity index (χ1) is 12.5. The number of nitrogens with zero attached hydrogens (tertiary/aromatic N) is 2. The first-order valence-electron chi connectivity index (χ1n) is 8.90. The normalized spacial score (nSPS) is 19.9. The highest BCUT2D eigenvalue weighted by Crippen LogP contribution is 2.32. The predicted molar refractivity (Wildman–Crippen MR) is 101 cm³/mol. The Bertz CT molecular complexity index is 806. The molecule has 1 aliphatic rings. The standard InChI is InChI=1S/C21H25N3O2/c1-4-21(18-12-6-5-7-13-18)19(25)24(20(26)22-21)15-23(3)14-17-11-9-8-10-16(17)2/h5-13H,4,14-15H2,1-3H3,(H,22,26)/t21-/m0/s1. The van der Waals surface area contributed by atoms with Gasteiger partial charge in [-0.25, -0.2) is 9.69 Å². The van der Waals surface area contributed by atoms with Gasteiger partial charge in [-0.05, 0) is 37.1 Å². The summed E-state index contributed by atoms with van der Waals surface area (Å²) >= 11 is 0. The number of benzene rings is 2. The third-order valence-electron chi connectivity index (χ3n) is 5.06. The lowest BCUT2D eigenvalue weighted by Crippen LogP contribution is -2.44.